The Bertz CT molecular complexity index is 401. The minimum absolute atomic E-state index is 0.471. The molecule has 1 N–H and O–H groups in total. The van der Waals surface area contributed by atoms with Crippen LogP contribution in [0.1, 0.15) is 70.4 Å². The number of hydrogen-bond acceptors (Lipinski definition) is 2. The van der Waals surface area contributed by atoms with E-state index in [1.54, 1.807) is 7.11 Å². The first-order valence-electron chi connectivity index (χ1n) is 8.66. The van der Waals surface area contributed by atoms with Gasteiger partial charge in [-0.1, -0.05) is 45.2 Å². The molecule has 2 heteroatoms. The molecule has 2 nitrogen and oxygen atoms in total. The van der Waals surface area contributed by atoms with E-state index in [9.17, 15) is 0 Å². The molecule has 1 aliphatic carbocycles. The van der Waals surface area contributed by atoms with Crippen LogP contribution < -0.4 is 10.1 Å². The van der Waals surface area contributed by atoms with E-state index in [1.807, 2.05) is 0 Å². The van der Waals surface area contributed by atoms with E-state index < -0.39 is 0 Å². The van der Waals surface area contributed by atoms with Gasteiger partial charge in [0, 0.05) is 12.1 Å². The van der Waals surface area contributed by atoms with Crippen molar-refractivity contribution in [1.82, 2.24) is 5.32 Å². The Kier molecular flexibility index (Phi) is 6.56. The number of hydrogen-bond donors (Lipinski definition) is 1. The SMILES string of the molecule is CCC1CCCC(NC(CC)c2ccc(OC)cc2)CC1. The minimum Gasteiger partial charge on any atom is -0.497 e. The van der Waals surface area contributed by atoms with Crippen molar-refractivity contribution >= 4 is 0 Å². The van der Waals surface area contributed by atoms with Crippen LogP contribution in [0.2, 0.25) is 0 Å². The lowest BCUT2D eigenvalue weighted by Gasteiger charge is -2.25. The van der Waals surface area contributed by atoms with Crippen LogP contribution in [0.15, 0.2) is 24.3 Å². The molecule has 0 saturated heterocycles. The van der Waals surface area contributed by atoms with Crippen LogP contribution in [0, 0.1) is 5.92 Å². The second kappa shape index (κ2) is 8.43. The molecule has 0 radical (unpaired) electrons. The van der Waals surface area contributed by atoms with E-state index in [-0.39, 0.29) is 0 Å². The van der Waals surface area contributed by atoms with E-state index in [2.05, 4.69) is 43.4 Å². The summed E-state index contributed by atoms with van der Waals surface area (Å²) < 4.78 is 5.25. The van der Waals surface area contributed by atoms with Gasteiger partial charge in [0.15, 0.2) is 0 Å². The molecule has 1 saturated carbocycles. The van der Waals surface area contributed by atoms with E-state index in [0.717, 1.165) is 18.1 Å². The van der Waals surface area contributed by atoms with E-state index in [1.165, 1.54) is 44.1 Å². The highest BCUT2D eigenvalue weighted by Gasteiger charge is 2.20. The molecule has 1 aliphatic rings. The molecule has 21 heavy (non-hydrogen) atoms. The summed E-state index contributed by atoms with van der Waals surface area (Å²) in [4.78, 5) is 0. The lowest BCUT2D eigenvalue weighted by atomic mass is 9.97. The quantitative estimate of drug-likeness (QED) is 0.736. The molecule has 0 aliphatic heterocycles. The number of nitrogens with one attached hydrogen (secondary N) is 1. The average Bonchev–Trinajstić information content (AvgIpc) is 2.77. The van der Waals surface area contributed by atoms with Crippen molar-refractivity contribution in [3.63, 3.8) is 0 Å². The maximum Gasteiger partial charge on any atom is 0.118 e. The normalized spacial score (nSPS) is 24.3. The molecule has 118 valence electrons. The summed E-state index contributed by atoms with van der Waals surface area (Å²) in [6.07, 6.45) is 9.37. The van der Waals surface area contributed by atoms with Crippen LogP contribution >= 0.6 is 0 Å². The largest absolute Gasteiger partial charge is 0.497 e. The standard InChI is InChI=1S/C19H31NO/c1-4-15-7-6-8-17(12-9-15)20-19(5-2)16-10-13-18(21-3)14-11-16/h10-11,13-15,17,19-20H,4-9,12H2,1-3H3. The third-order valence-electron chi connectivity index (χ3n) is 5.03. The van der Waals surface area contributed by atoms with Crippen LogP contribution in [0.5, 0.6) is 5.75 Å². The van der Waals surface area contributed by atoms with E-state index in [4.69, 9.17) is 4.74 Å². The minimum atomic E-state index is 0.471. The first kappa shape index (κ1) is 16.4. The van der Waals surface area contributed by atoms with Gasteiger partial charge in [-0.25, -0.2) is 0 Å². The fourth-order valence-electron chi connectivity index (χ4n) is 3.52. The van der Waals surface area contributed by atoms with Gasteiger partial charge >= 0.3 is 0 Å². The highest BCUT2D eigenvalue weighted by atomic mass is 16.5. The molecule has 0 heterocycles. The van der Waals surface area contributed by atoms with Gasteiger partial charge in [0.2, 0.25) is 0 Å². The van der Waals surface area contributed by atoms with Crippen LogP contribution in [0.25, 0.3) is 0 Å². The summed E-state index contributed by atoms with van der Waals surface area (Å²) in [5.41, 5.74) is 1.38. The molecular formula is C19H31NO. The number of methoxy groups -OCH3 is 1. The van der Waals surface area contributed by atoms with Crippen molar-refractivity contribution in [1.29, 1.82) is 0 Å². The Morgan fingerprint density at radius 3 is 2.48 bits per heavy atom. The zero-order valence-electron chi connectivity index (χ0n) is 13.9. The summed E-state index contributed by atoms with van der Waals surface area (Å²) in [5.74, 6) is 1.90. The zero-order chi connectivity index (χ0) is 15.1. The van der Waals surface area contributed by atoms with Gasteiger partial charge in [0.05, 0.1) is 7.11 Å². The highest BCUT2D eigenvalue weighted by Crippen LogP contribution is 2.28. The number of rotatable bonds is 6. The Morgan fingerprint density at radius 2 is 1.86 bits per heavy atom. The Morgan fingerprint density at radius 1 is 1.10 bits per heavy atom. The molecule has 1 aromatic carbocycles. The smallest absolute Gasteiger partial charge is 0.118 e. The van der Waals surface area contributed by atoms with Crippen LogP contribution in [0.3, 0.4) is 0 Å². The average molecular weight is 289 g/mol. The second-order valence-electron chi connectivity index (χ2n) is 6.38. The van der Waals surface area contributed by atoms with Crippen LogP contribution in [-0.4, -0.2) is 13.2 Å². The van der Waals surface area contributed by atoms with Crippen molar-refractivity contribution < 1.29 is 4.74 Å². The van der Waals surface area contributed by atoms with Crippen molar-refractivity contribution in [2.45, 2.75) is 70.9 Å². The third kappa shape index (κ3) is 4.74. The molecule has 1 fully saturated rings. The Labute approximate surface area is 130 Å². The van der Waals surface area contributed by atoms with Crippen molar-refractivity contribution in [2.24, 2.45) is 5.92 Å². The summed E-state index contributed by atoms with van der Waals surface area (Å²) in [7, 11) is 1.72. The van der Waals surface area contributed by atoms with Crippen molar-refractivity contribution in [2.75, 3.05) is 7.11 Å². The van der Waals surface area contributed by atoms with Gasteiger partial charge in [0.1, 0.15) is 5.75 Å². The van der Waals surface area contributed by atoms with Crippen molar-refractivity contribution in [3.05, 3.63) is 29.8 Å². The summed E-state index contributed by atoms with van der Waals surface area (Å²) >= 11 is 0. The van der Waals surface area contributed by atoms with Crippen LogP contribution in [0.4, 0.5) is 0 Å². The maximum absolute atomic E-state index is 5.25. The lowest BCUT2D eigenvalue weighted by molar-refractivity contribution is 0.381. The van der Waals surface area contributed by atoms with Gasteiger partial charge < -0.3 is 10.1 Å². The number of ether oxygens (including phenoxy) is 1. The molecule has 3 atom stereocenters. The summed E-state index contributed by atoms with van der Waals surface area (Å²) in [6, 6.07) is 9.70. The summed E-state index contributed by atoms with van der Waals surface area (Å²) in [5, 5.41) is 3.90. The van der Waals surface area contributed by atoms with Crippen LogP contribution in [-0.2, 0) is 0 Å². The van der Waals surface area contributed by atoms with Gasteiger partial charge in [0.25, 0.3) is 0 Å². The lowest BCUT2D eigenvalue weighted by Crippen LogP contribution is -2.32. The first-order valence-corrected chi connectivity index (χ1v) is 8.66. The topological polar surface area (TPSA) is 21.3 Å². The van der Waals surface area contributed by atoms with Gasteiger partial charge in [-0.2, -0.15) is 0 Å². The fraction of sp³-hybridized carbons (Fsp3) is 0.684. The molecule has 3 unspecified atom stereocenters. The Hall–Kier alpha value is -1.02. The number of benzene rings is 1. The maximum atomic E-state index is 5.25. The van der Waals surface area contributed by atoms with E-state index >= 15 is 0 Å². The molecular weight excluding hydrogens is 258 g/mol. The zero-order valence-corrected chi connectivity index (χ0v) is 13.9. The predicted molar refractivity (Wildman–Crippen MR) is 89.8 cm³/mol. The predicted octanol–water partition coefficient (Wildman–Crippen LogP) is 5.09. The molecule has 2 rings (SSSR count). The molecule has 0 amide bonds. The van der Waals surface area contributed by atoms with Gasteiger partial charge in [-0.3, -0.25) is 0 Å². The van der Waals surface area contributed by atoms with E-state index in [0.29, 0.717) is 12.1 Å². The highest BCUT2D eigenvalue weighted by molar-refractivity contribution is 5.29. The molecule has 1 aromatic rings. The third-order valence-corrected chi connectivity index (χ3v) is 5.03. The van der Waals surface area contributed by atoms with Gasteiger partial charge in [-0.15, -0.1) is 0 Å². The second-order valence-corrected chi connectivity index (χ2v) is 6.38. The monoisotopic (exact) mass is 289 g/mol. The Balaban J connectivity index is 1.94. The fourth-order valence-corrected chi connectivity index (χ4v) is 3.52. The molecule has 0 bridgehead atoms. The first-order chi connectivity index (χ1) is 10.3. The molecule has 0 aromatic heterocycles. The summed E-state index contributed by atoms with van der Waals surface area (Å²) in [6.45, 7) is 4.61. The molecule has 0 spiro atoms. The van der Waals surface area contributed by atoms with Gasteiger partial charge in [-0.05, 0) is 49.3 Å². The van der Waals surface area contributed by atoms with Crippen molar-refractivity contribution in [3.8, 4) is 5.75 Å².